The Morgan fingerprint density at radius 2 is 1.91 bits per heavy atom. The number of likely N-dealkylation sites (tertiary alicyclic amines) is 1. The van der Waals surface area contributed by atoms with E-state index in [4.69, 9.17) is 17.8 Å². The van der Waals surface area contributed by atoms with Gasteiger partial charge in [0.05, 0.1) is 18.8 Å². The molecule has 10 nitrogen and oxygen atoms in total. The van der Waals surface area contributed by atoms with Gasteiger partial charge in [-0.25, -0.2) is 14.8 Å². The Balaban J connectivity index is 1.40. The smallest absolute Gasteiger partial charge is 0.407 e. The molecule has 0 bridgehead atoms. The molecule has 1 aromatic carbocycles. The first kappa shape index (κ1) is 23.4. The van der Waals surface area contributed by atoms with Crippen LogP contribution >= 0.6 is 0 Å². The highest BCUT2D eigenvalue weighted by atomic mass is 32.2. The van der Waals surface area contributed by atoms with Gasteiger partial charge in [-0.05, 0) is 31.0 Å². The van der Waals surface area contributed by atoms with Crippen LogP contribution in [0.25, 0.3) is 0 Å². The van der Waals surface area contributed by atoms with E-state index in [2.05, 4.69) is 9.97 Å². The van der Waals surface area contributed by atoms with Crippen LogP contribution in [0.3, 0.4) is 0 Å². The Hall–Kier alpha value is -2.76. The maximum atomic E-state index is 11.4. The normalized spacial score (nSPS) is 25.5. The lowest BCUT2D eigenvalue weighted by atomic mass is 9.98. The Bertz CT molecular complexity index is 994. The zero-order valence-electron chi connectivity index (χ0n) is 18.5. The van der Waals surface area contributed by atoms with Crippen LogP contribution in [0.1, 0.15) is 43.2 Å². The fraction of sp³-hybridized carbons (Fsp3) is 0.500. The summed E-state index contributed by atoms with van der Waals surface area (Å²) in [5.74, 6) is 1.44. The molecular formula is C22H27N3O7S. The van der Waals surface area contributed by atoms with Crippen molar-refractivity contribution in [2.24, 2.45) is 0 Å². The molecule has 2 saturated heterocycles. The van der Waals surface area contributed by atoms with E-state index in [1.54, 1.807) is 0 Å². The van der Waals surface area contributed by atoms with Crippen LogP contribution < -0.4 is 9.47 Å². The Kier molecular flexibility index (Phi) is 7.41. The SMILES string of the molecule is CC[C@H]1C[C@H](Oc2ncnc(Oc3ccc(C4COS(=O)OC4)cc3)c2C)CCN1C(=O)O. The molecule has 0 saturated carbocycles. The average molecular weight is 478 g/mol. The van der Waals surface area contributed by atoms with E-state index < -0.39 is 17.5 Å². The van der Waals surface area contributed by atoms with Crippen molar-refractivity contribution in [1.82, 2.24) is 14.9 Å². The zero-order valence-corrected chi connectivity index (χ0v) is 19.3. The predicted octanol–water partition coefficient (Wildman–Crippen LogP) is 3.59. The first-order valence-corrected chi connectivity index (χ1v) is 11.9. The number of hydrogen-bond donors (Lipinski definition) is 1. The van der Waals surface area contributed by atoms with Crippen molar-refractivity contribution in [2.45, 2.75) is 51.2 Å². The molecule has 2 fully saturated rings. The minimum Gasteiger partial charge on any atom is -0.474 e. The minimum absolute atomic E-state index is 0.0111. The summed E-state index contributed by atoms with van der Waals surface area (Å²) in [5.41, 5.74) is 1.67. The van der Waals surface area contributed by atoms with E-state index in [1.807, 2.05) is 38.1 Å². The molecule has 3 heterocycles. The van der Waals surface area contributed by atoms with Crippen molar-refractivity contribution in [3.05, 3.63) is 41.7 Å². The van der Waals surface area contributed by atoms with Gasteiger partial charge in [0.1, 0.15) is 18.2 Å². The van der Waals surface area contributed by atoms with Gasteiger partial charge < -0.3 is 19.5 Å². The Labute approximate surface area is 194 Å². The van der Waals surface area contributed by atoms with E-state index in [-0.39, 0.29) is 18.1 Å². The summed E-state index contributed by atoms with van der Waals surface area (Å²) in [4.78, 5) is 21.4. The van der Waals surface area contributed by atoms with Gasteiger partial charge in [0.15, 0.2) is 0 Å². The van der Waals surface area contributed by atoms with Crippen molar-refractivity contribution < 1.29 is 31.9 Å². The maximum Gasteiger partial charge on any atom is 0.407 e. The molecule has 2 aromatic rings. The van der Waals surface area contributed by atoms with Gasteiger partial charge in [0, 0.05) is 31.3 Å². The van der Waals surface area contributed by atoms with E-state index >= 15 is 0 Å². The van der Waals surface area contributed by atoms with Crippen LogP contribution in [0, 0.1) is 6.92 Å². The van der Waals surface area contributed by atoms with Gasteiger partial charge >= 0.3 is 17.5 Å². The fourth-order valence-corrected chi connectivity index (χ4v) is 4.65. The van der Waals surface area contributed by atoms with E-state index in [0.717, 1.165) is 12.0 Å². The van der Waals surface area contributed by atoms with Crippen LogP contribution in [0.2, 0.25) is 0 Å². The second-order valence-corrected chi connectivity index (χ2v) is 8.93. The monoisotopic (exact) mass is 477 g/mol. The van der Waals surface area contributed by atoms with Gasteiger partial charge in [-0.2, -0.15) is 4.21 Å². The molecule has 4 rings (SSSR count). The van der Waals surface area contributed by atoms with Gasteiger partial charge in [0.25, 0.3) is 0 Å². The van der Waals surface area contributed by atoms with Crippen molar-refractivity contribution in [3.63, 3.8) is 0 Å². The van der Waals surface area contributed by atoms with Crippen molar-refractivity contribution in [3.8, 4) is 17.5 Å². The Morgan fingerprint density at radius 1 is 1.21 bits per heavy atom. The molecule has 1 amide bonds. The number of rotatable bonds is 6. The Morgan fingerprint density at radius 3 is 2.58 bits per heavy atom. The van der Waals surface area contributed by atoms with E-state index in [9.17, 15) is 14.1 Å². The fourth-order valence-electron chi connectivity index (χ4n) is 4.03. The summed E-state index contributed by atoms with van der Waals surface area (Å²) in [6, 6.07) is 7.41. The summed E-state index contributed by atoms with van der Waals surface area (Å²) in [6.07, 6.45) is 2.33. The zero-order chi connectivity index (χ0) is 23.4. The highest BCUT2D eigenvalue weighted by molar-refractivity contribution is 7.75. The molecule has 1 aromatic heterocycles. The molecule has 2 aliphatic heterocycles. The minimum atomic E-state index is -1.66. The molecule has 0 radical (unpaired) electrons. The number of carbonyl (C=O) groups is 1. The number of hydrogen-bond acceptors (Lipinski definition) is 8. The molecule has 178 valence electrons. The number of piperidine rings is 1. The van der Waals surface area contributed by atoms with Crippen LogP contribution in [-0.4, -0.2) is 62.2 Å². The number of aromatic nitrogens is 2. The summed E-state index contributed by atoms with van der Waals surface area (Å²) in [5, 5.41) is 9.36. The van der Waals surface area contributed by atoms with E-state index in [0.29, 0.717) is 55.7 Å². The van der Waals surface area contributed by atoms with Crippen LogP contribution in [0.15, 0.2) is 30.6 Å². The van der Waals surface area contributed by atoms with Crippen LogP contribution in [0.5, 0.6) is 17.5 Å². The first-order valence-electron chi connectivity index (χ1n) is 10.9. The third kappa shape index (κ3) is 5.60. The molecule has 11 heteroatoms. The van der Waals surface area contributed by atoms with E-state index in [1.165, 1.54) is 11.2 Å². The highest BCUT2D eigenvalue weighted by Gasteiger charge is 2.32. The number of carboxylic acid groups (broad SMARTS) is 1. The quantitative estimate of drug-likeness (QED) is 0.665. The lowest BCUT2D eigenvalue weighted by Gasteiger charge is -2.37. The second-order valence-electron chi connectivity index (χ2n) is 8.05. The molecule has 2 aliphatic rings. The third-order valence-electron chi connectivity index (χ3n) is 5.95. The molecule has 0 unspecified atom stereocenters. The first-order chi connectivity index (χ1) is 15.9. The summed E-state index contributed by atoms with van der Waals surface area (Å²) in [7, 11) is 0. The lowest BCUT2D eigenvalue weighted by Crippen LogP contribution is -2.48. The summed E-state index contributed by atoms with van der Waals surface area (Å²) in [6.45, 7) is 4.92. The molecule has 2 atom stereocenters. The van der Waals surface area contributed by atoms with Gasteiger partial charge in [0.2, 0.25) is 11.8 Å². The summed E-state index contributed by atoms with van der Waals surface area (Å²) < 4.78 is 33.3. The van der Waals surface area contributed by atoms with Crippen LogP contribution in [-0.2, 0) is 19.7 Å². The van der Waals surface area contributed by atoms with Gasteiger partial charge in [-0.1, -0.05) is 19.1 Å². The number of benzene rings is 1. The van der Waals surface area contributed by atoms with Crippen molar-refractivity contribution in [1.29, 1.82) is 0 Å². The third-order valence-corrected chi connectivity index (χ3v) is 6.61. The molecule has 0 spiro atoms. The standard InChI is InChI=1S/C22H27N3O7S/c1-3-17-10-19(8-9-25(17)22(26)27)32-21-14(2)20(23-13-24-21)31-18-6-4-15(5-7-18)16-11-29-33(28)30-12-16/h4-7,13,16-17,19H,3,8-12H2,1-2H3,(H,26,27)/t16?,17-,19+,33?/m0/s1. The predicted molar refractivity (Wildman–Crippen MR) is 119 cm³/mol. The largest absolute Gasteiger partial charge is 0.474 e. The molecule has 1 N–H and O–H groups in total. The van der Waals surface area contributed by atoms with Gasteiger partial charge in [-0.3, -0.25) is 8.37 Å². The number of amides is 1. The number of nitrogens with zero attached hydrogens (tertiary/aromatic N) is 3. The number of ether oxygens (including phenoxy) is 2. The topological polar surface area (TPSA) is 120 Å². The van der Waals surface area contributed by atoms with Crippen molar-refractivity contribution >= 4 is 17.5 Å². The highest BCUT2D eigenvalue weighted by Crippen LogP contribution is 2.31. The van der Waals surface area contributed by atoms with Crippen molar-refractivity contribution in [2.75, 3.05) is 19.8 Å². The van der Waals surface area contributed by atoms with Crippen LogP contribution in [0.4, 0.5) is 4.79 Å². The summed E-state index contributed by atoms with van der Waals surface area (Å²) >= 11 is -1.66. The van der Waals surface area contributed by atoms with Gasteiger partial charge in [-0.15, -0.1) is 0 Å². The average Bonchev–Trinajstić information content (AvgIpc) is 2.82. The molecular weight excluding hydrogens is 450 g/mol. The second kappa shape index (κ2) is 10.4. The molecule has 0 aliphatic carbocycles. The molecule has 33 heavy (non-hydrogen) atoms. The lowest BCUT2D eigenvalue weighted by molar-refractivity contribution is 0.0507. The maximum absolute atomic E-state index is 11.4.